The Balaban J connectivity index is 1.61. The highest BCUT2D eigenvalue weighted by Gasteiger charge is 2.20. The van der Waals surface area contributed by atoms with Gasteiger partial charge in [-0.05, 0) is 0 Å². The summed E-state index contributed by atoms with van der Waals surface area (Å²) in [6.07, 6.45) is 5.05. The number of ether oxygens (including phenoxy) is 1. The molecule has 0 amide bonds. The van der Waals surface area contributed by atoms with Crippen LogP contribution in [0.3, 0.4) is 0 Å². The number of aromatic nitrogens is 8. The van der Waals surface area contributed by atoms with Crippen molar-refractivity contribution in [3.63, 3.8) is 0 Å². The van der Waals surface area contributed by atoms with Crippen LogP contribution in [0.2, 0.25) is 0 Å². The lowest BCUT2D eigenvalue weighted by Crippen LogP contribution is -2.03. The third-order valence-corrected chi connectivity index (χ3v) is 3.78. The molecular formula is C13H13N9O3. The zero-order valence-electron chi connectivity index (χ0n) is 13.4. The van der Waals surface area contributed by atoms with Crippen molar-refractivity contribution in [1.82, 2.24) is 39.1 Å². The monoisotopic (exact) mass is 343 g/mol. The fraction of sp³-hybridized carbons (Fsp3) is 0.308. The first kappa shape index (κ1) is 15.0. The van der Waals surface area contributed by atoms with E-state index in [0.29, 0.717) is 24.4 Å². The first-order valence-corrected chi connectivity index (χ1v) is 7.34. The van der Waals surface area contributed by atoms with Crippen LogP contribution in [0.15, 0.2) is 18.7 Å². The summed E-state index contributed by atoms with van der Waals surface area (Å²) < 4.78 is 9.61. The SMILES string of the molecule is COc1nn(CCc2nc3c4cnn(C)c4ncn3n2)cc1[N+](=O)[O-]. The van der Waals surface area contributed by atoms with Crippen LogP contribution >= 0.6 is 0 Å². The number of hydrogen-bond donors (Lipinski definition) is 0. The van der Waals surface area contributed by atoms with Crippen LogP contribution in [-0.2, 0) is 20.0 Å². The van der Waals surface area contributed by atoms with Crippen molar-refractivity contribution < 1.29 is 9.66 Å². The molecule has 25 heavy (non-hydrogen) atoms. The third kappa shape index (κ3) is 2.43. The smallest absolute Gasteiger partial charge is 0.350 e. The van der Waals surface area contributed by atoms with Crippen LogP contribution < -0.4 is 4.74 Å². The maximum Gasteiger partial charge on any atom is 0.350 e. The average Bonchev–Trinajstić information content (AvgIpc) is 3.28. The summed E-state index contributed by atoms with van der Waals surface area (Å²) in [5.41, 5.74) is 1.21. The third-order valence-electron chi connectivity index (χ3n) is 3.78. The standard InChI is InChI=1S/C13H13N9O3/c1-19-11-8(5-15-19)12-16-10(17-21(12)7-14-11)3-4-20-6-9(22(23)24)13(18-20)25-2/h5-7H,3-4H2,1-2H3. The van der Waals surface area contributed by atoms with Gasteiger partial charge in [-0.3, -0.25) is 19.5 Å². The molecular weight excluding hydrogens is 330 g/mol. The summed E-state index contributed by atoms with van der Waals surface area (Å²) in [4.78, 5) is 19.2. The molecule has 0 radical (unpaired) electrons. The van der Waals surface area contributed by atoms with Crippen LogP contribution in [0.1, 0.15) is 5.82 Å². The number of nitro groups is 1. The fourth-order valence-corrected chi connectivity index (χ4v) is 2.58. The minimum absolute atomic E-state index is 0.0192. The molecule has 0 unspecified atom stereocenters. The maximum absolute atomic E-state index is 10.9. The van der Waals surface area contributed by atoms with Gasteiger partial charge in [-0.2, -0.15) is 5.10 Å². The van der Waals surface area contributed by atoms with E-state index in [9.17, 15) is 10.1 Å². The highest BCUT2D eigenvalue weighted by molar-refractivity contribution is 5.88. The average molecular weight is 343 g/mol. The molecule has 0 aliphatic rings. The summed E-state index contributed by atoms with van der Waals surface area (Å²) >= 11 is 0. The molecule has 0 aliphatic carbocycles. The van der Waals surface area contributed by atoms with Crippen LogP contribution in [0.4, 0.5) is 5.69 Å². The molecule has 0 N–H and O–H groups in total. The zero-order valence-corrected chi connectivity index (χ0v) is 13.4. The minimum Gasteiger partial charge on any atom is -0.475 e. The Morgan fingerprint density at radius 3 is 2.88 bits per heavy atom. The van der Waals surface area contributed by atoms with Crippen molar-refractivity contribution in [2.24, 2.45) is 7.05 Å². The minimum atomic E-state index is -0.531. The molecule has 12 heteroatoms. The first-order valence-electron chi connectivity index (χ1n) is 7.34. The molecule has 4 rings (SSSR count). The number of fused-ring (bicyclic) bond motifs is 3. The topological polar surface area (TPSA) is 131 Å². The molecule has 4 aromatic heterocycles. The summed E-state index contributed by atoms with van der Waals surface area (Å²) in [6.45, 7) is 0.380. The van der Waals surface area contributed by atoms with E-state index in [-0.39, 0.29) is 11.6 Å². The van der Waals surface area contributed by atoms with E-state index < -0.39 is 4.92 Å². The van der Waals surface area contributed by atoms with E-state index in [1.807, 2.05) is 0 Å². The lowest BCUT2D eigenvalue weighted by atomic mass is 10.4. The van der Waals surface area contributed by atoms with Crippen LogP contribution in [0.5, 0.6) is 5.88 Å². The van der Waals surface area contributed by atoms with Gasteiger partial charge in [0.1, 0.15) is 12.5 Å². The number of methoxy groups -OCH3 is 1. The van der Waals surface area contributed by atoms with Gasteiger partial charge < -0.3 is 4.74 Å². The lowest BCUT2D eigenvalue weighted by molar-refractivity contribution is -0.385. The molecule has 0 fully saturated rings. The predicted octanol–water partition coefficient (Wildman–Crippen LogP) is 0.367. The summed E-state index contributed by atoms with van der Waals surface area (Å²) in [6, 6.07) is 0. The molecule has 4 aromatic rings. The van der Waals surface area contributed by atoms with Crippen LogP contribution in [0.25, 0.3) is 16.7 Å². The van der Waals surface area contributed by atoms with Gasteiger partial charge in [0.05, 0.1) is 23.6 Å². The molecule has 0 saturated heterocycles. The Bertz CT molecular complexity index is 1090. The van der Waals surface area contributed by atoms with Crippen molar-refractivity contribution >= 4 is 22.4 Å². The van der Waals surface area contributed by atoms with E-state index in [4.69, 9.17) is 4.74 Å². The number of hydrogen-bond acceptors (Lipinski definition) is 8. The molecule has 128 valence electrons. The maximum atomic E-state index is 10.9. The van der Waals surface area contributed by atoms with E-state index in [2.05, 4.69) is 25.3 Å². The Hall–Kier alpha value is -3.57. The van der Waals surface area contributed by atoms with Crippen molar-refractivity contribution in [2.75, 3.05) is 7.11 Å². The van der Waals surface area contributed by atoms with Gasteiger partial charge in [0.25, 0.3) is 0 Å². The van der Waals surface area contributed by atoms with Crippen molar-refractivity contribution in [2.45, 2.75) is 13.0 Å². The van der Waals surface area contributed by atoms with E-state index in [1.54, 1.807) is 28.8 Å². The number of rotatable bonds is 5. The molecule has 0 spiro atoms. The van der Waals surface area contributed by atoms with Gasteiger partial charge in [-0.1, -0.05) is 0 Å². The van der Waals surface area contributed by atoms with Crippen molar-refractivity contribution in [3.8, 4) is 5.88 Å². The van der Waals surface area contributed by atoms with E-state index in [1.165, 1.54) is 18.0 Å². The quantitative estimate of drug-likeness (QED) is 0.375. The Morgan fingerprint density at radius 2 is 2.16 bits per heavy atom. The normalized spacial score (nSPS) is 11.4. The van der Waals surface area contributed by atoms with Gasteiger partial charge in [-0.15, -0.1) is 10.2 Å². The van der Waals surface area contributed by atoms with Gasteiger partial charge in [0, 0.05) is 20.0 Å². The van der Waals surface area contributed by atoms with E-state index >= 15 is 0 Å². The second kappa shape index (κ2) is 5.51. The largest absolute Gasteiger partial charge is 0.475 e. The molecule has 0 atom stereocenters. The van der Waals surface area contributed by atoms with Gasteiger partial charge in [0.2, 0.25) is 0 Å². The van der Waals surface area contributed by atoms with Crippen molar-refractivity contribution in [3.05, 3.63) is 34.7 Å². The number of aryl methyl sites for hydroxylation is 3. The number of nitrogens with zero attached hydrogens (tertiary/aromatic N) is 9. The zero-order chi connectivity index (χ0) is 17.6. The van der Waals surface area contributed by atoms with Crippen LogP contribution in [0, 0.1) is 10.1 Å². The van der Waals surface area contributed by atoms with E-state index in [0.717, 1.165) is 11.0 Å². The van der Waals surface area contributed by atoms with Crippen molar-refractivity contribution in [1.29, 1.82) is 0 Å². The second-order valence-electron chi connectivity index (χ2n) is 5.34. The summed E-state index contributed by atoms with van der Waals surface area (Å²) in [7, 11) is 3.15. The molecule has 0 saturated carbocycles. The molecule has 0 aromatic carbocycles. The van der Waals surface area contributed by atoms with Crippen LogP contribution in [-0.4, -0.2) is 51.2 Å². The van der Waals surface area contributed by atoms with Gasteiger partial charge >= 0.3 is 11.6 Å². The summed E-state index contributed by atoms with van der Waals surface area (Å²) in [5.74, 6) is 0.560. The highest BCUT2D eigenvalue weighted by atomic mass is 16.6. The Morgan fingerprint density at radius 1 is 1.32 bits per heavy atom. The predicted molar refractivity (Wildman–Crippen MR) is 84.2 cm³/mol. The highest BCUT2D eigenvalue weighted by Crippen LogP contribution is 2.24. The summed E-state index contributed by atoms with van der Waals surface area (Å²) in [5, 5.41) is 24.3. The Kier molecular flexibility index (Phi) is 3.30. The van der Waals surface area contributed by atoms with Gasteiger partial charge in [0.15, 0.2) is 17.1 Å². The Labute approximate surface area is 139 Å². The lowest BCUT2D eigenvalue weighted by Gasteiger charge is -1.96. The molecule has 0 aliphatic heterocycles. The molecule has 0 bridgehead atoms. The molecule has 12 nitrogen and oxygen atoms in total. The first-order chi connectivity index (χ1) is 12.1. The molecule has 4 heterocycles. The second-order valence-corrected chi connectivity index (χ2v) is 5.34. The fourth-order valence-electron chi connectivity index (χ4n) is 2.58. The van der Waals surface area contributed by atoms with Gasteiger partial charge in [-0.25, -0.2) is 14.5 Å².